The molecule has 2 aromatic rings. The van der Waals surface area contributed by atoms with E-state index in [-0.39, 0.29) is 30.2 Å². The molecule has 29 heavy (non-hydrogen) atoms. The van der Waals surface area contributed by atoms with Crippen LogP contribution in [0.5, 0.6) is 0 Å². The molecule has 0 aliphatic carbocycles. The van der Waals surface area contributed by atoms with Gasteiger partial charge in [0.05, 0.1) is 4.92 Å². The number of piperazine rings is 1. The minimum atomic E-state index is -0.418. The zero-order valence-electron chi connectivity index (χ0n) is 16.2. The third-order valence-electron chi connectivity index (χ3n) is 5.04. The third-order valence-corrected chi connectivity index (χ3v) is 5.78. The highest BCUT2D eigenvalue weighted by molar-refractivity contribution is 7.98. The molecule has 1 aliphatic rings. The molecule has 0 radical (unpaired) electrons. The molecule has 0 bridgehead atoms. The van der Waals surface area contributed by atoms with E-state index in [0.717, 1.165) is 10.6 Å². The molecule has 1 saturated heterocycles. The van der Waals surface area contributed by atoms with Crippen LogP contribution in [0.3, 0.4) is 0 Å². The van der Waals surface area contributed by atoms with Gasteiger partial charge in [0, 0.05) is 67.3 Å². The number of ketones is 1. The molecule has 0 atom stereocenters. The van der Waals surface area contributed by atoms with E-state index in [2.05, 4.69) is 4.90 Å². The van der Waals surface area contributed by atoms with E-state index in [1.165, 1.54) is 12.1 Å². The number of carbonyl (C=O) groups is 2. The first-order valence-corrected chi connectivity index (χ1v) is 10.6. The molecule has 0 unspecified atom stereocenters. The van der Waals surface area contributed by atoms with Gasteiger partial charge in [-0.2, -0.15) is 0 Å². The van der Waals surface area contributed by atoms with Crippen LogP contribution in [0.2, 0.25) is 0 Å². The van der Waals surface area contributed by atoms with Gasteiger partial charge in [-0.15, -0.1) is 11.8 Å². The van der Waals surface area contributed by atoms with Gasteiger partial charge in [0.2, 0.25) is 5.91 Å². The molecule has 1 amide bonds. The Morgan fingerprint density at radius 2 is 1.59 bits per heavy atom. The first-order chi connectivity index (χ1) is 14.0. The van der Waals surface area contributed by atoms with Crippen molar-refractivity contribution in [2.75, 3.05) is 37.3 Å². The van der Waals surface area contributed by atoms with Crippen LogP contribution in [-0.4, -0.2) is 53.9 Å². The minimum Gasteiger partial charge on any atom is -0.368 e. The maximum Gasteiger partial charge on any atom is 0.269 e. The van der Waals surface area contributed by atoms with Gasteiger partial charge in [0.15, 0.2) is 5.78 Å². The Kier molecular flexibility index (Phi) is 6.87. The van der Waals surface area contributed by atoms with Crippen molar-refractivity contribution >= 4 is 34.8 Å². The SMILES string of the molecule is CSc1ccc(C(=O)CCC(=O)N2CCN(c3ccc([N+](=O)[O-])cc3)CC2)cc1. The van der Waals surface area contributed by atoms with E-state index in [1.807, 2.05) is 30.5 Å². The number of amides is 1. The van der Waals surface area contributed by atoms with Gasteiger partial charge in [-0.05, 0) is 30.5 Å². The highest BCUT2D eigenvalue weighted by Crippen LogP contribution is 2.21. The van der Waals surface area contributed by atoms with Crippen LogP contribution in [0.15, 0.2) is 53.4 Å². The fourth-order valence-corrected chi connectivity index (χ4v) is 3.71. The molecule has 8 heteroatoms. The van der Waals surface area contributed by atoms with E-state index < -0.39 is 4.92 Å². The summed E-state index contributed by atoms with van der Waals surface area (Å²) in [5.41, 5.74) is 1.61. The molecule has 0 spiro atoms. The molecule has 0 N–H and O–H groups in total. The fourth-order valence-electron chi connectivity index (χ4n) is 3.30. The highest BCUT2D eigenvalue weighted by atomic mass is 32.2. The van der Waals surface area contributed by atoms with Crippen molar-refractivity contribution in [2.24, 2.45) is 0 Å². The molecular weight excluding hydrogens is 390 g/mol. The van der Waals surface area contributed by atoms with Crippen molar-refractivity contribution in [3.8, 4) is 0 Å². The first-order valence-electron chi connectivity index (χ1n) is 9.42. The molecule has 1 fully saturated rings. The van der Waals surface area contributed by atoms with Gasteiger partial charge < -0.3 is 9.80 Å². The lowest BCUT2D eigenvalue weighted by Gasteiger charge is -2.36. The predicted octanol–water partition coefficient (Wildman–Crippen LogP) is 3.63. The summed E-state index contributed by atoms with van der Waals surface area (Å²) in [5.74, 6) is -0.0297. The van der Waals surface area contributed by atoms with Gasteiger partial charge in [0.25, 0.3) is 5.69 Å². The zero-order valence-corrected chi connectivity index (χ0v) is 17.1. The van der Waals surface area contributed by atoms with Crippen molar-refractivity contribution in [2.45, 2.75) is 17.7 Å². The van der Waals surface area contributed by atoms with Crippen molar-refractivity contribution in [3.05, 3.63) is 64.2 Å². The largest absolute Gasteiger partial charge is 0.368 e. The van der Waals surface area contributed by atoms with Crippen molar-refractivity contribution in [1.29, 1.82) is 0 Å². The number of non-ortho nitro benzene ring substituents is 1. The first kappa shape index (κ1) is 20.9. The average Bonchev–Trinajstić information content (AvgIpc) is 2.77. The molecule has 152 valence electrons. The van der Waals surface area contributed by atoms with Crippen LogP contribution in [-0.2, 0) is 4.79 Å². The van der Waals surface area contributed by atoms with Gasteiger partial charge in [0.1, 0.15) is 0 Å². The van der Waals surface area contributed by atoms with Crippen LogP contribution in [0.1, 0.15) is 23.2 Å². The Labute approximate surface area is 173 Å². The topological polar surface area (TPSA) is 83.8 Å². The lowest BCUT2D eigenvalue weighted by atomic mass is 10.1. The van der Waals surface area contributed by atoms with Crippen molar-refractivity contribution < 1.29 is 14.5 Å². The second kappa shape index (κ2) is 9.56. The van der Waals surface area contributed by atoms with Crippen molar-refractivity contribution in [3.63, 3.8) is 0 Å². The summed E-state index contributed by atoms with van der Waals surface area (Å²) in [6.07, 6.45) is 2.40. The number of Topliss-reactive ketones (excluding diaryl/α,β-unsaturated/α-hetero) is 1. The lowest BCUT2D eigenvalue weighted by Crippen LogP contribution is -2.48. The smallest absolute Gasteiger partial charge is 0.269 e. The Morgan fingerprint density at radius 1 is 0.966 bits per heavy atom. The summed E-state index contributed by atoms with van der Waals surface area (Å²) in [7, 11) is 0. The maximum absolute atomic E-state index is 12.5. The quantitative estimate of drug-likeness (QED) is 0.298. The molecular formula is C21H23N3O4S. The second-order valence-electron chi connectivity index (χ2n) is 6.79. The van der Waals surface area contributed by atoms with Gasteiger partial charge in [-0.25, -0.2) is 0 Å². The number of thioether (sulfide) groups is 1. The maximum atomic E-state index is 12.5. The summed E-state index contributed by atoms with van der Waals surface area (Å²) in [4.78, 5) is 40.1. The summed E-state index contributed by atoms with van der Waals surface area (Å²) in [5, 5.41) is 10.8. The standard InChI is InChI=1S/C21H23N3O4S/c1-29-19-8-2-16(3-9-19)20(25)10-11-21(26)23-14-12-22(13-15-23)17-4-6-18(7-5-17)24(27)28/h2-9H,10-15H2,1H3. The van der Waals surface area contributed by atoms with Crippen LogP contribution >= 0.6 is 11.8 Å². The number of rotatable bonds is 7. The van der Waals surface area contributed by atoms with Crippen LogP contribution < -0.4 is 4.90 Å². The number of anilines is 1. The van der Waals surface area contributed by atoms with Gasteiger partial charge in [-0.3, -0.25) is 19.7 Å². The molecule has 2 aromatic carbocycles. The molecule has 7 nitrogen and oxygen atoms in total. The Bertz CT molecular complexity index is 876. The van der Waals surface area contributed by atoms with Crippen LogP contribution in [0.4, 0.5) is 11.4 Å². The normalized spacial score (nSPS) is 14.0. The Hall–Kier alpha value is -2.87. The van der Waals surface area contributed by atoms with Crippen LogP contribution in [0, 0.1) is 10.1 Å². The molecule has 1 heterocycles. The summed E-state index contributed by atoms with van der Waals surface area (Å²) < 4.78 is 0. The van der Waals surface area contributed by atoms with E-state index >= 15 is 0 Å². The Morgan fingerprint density at radius 3 is 2.14 bits per heavy atom. The van der Waals surface area contributed by atoms with E-state index in [9.17, 15) is 19.7 Å². The van der Waals surface area contributed by atoms with Gasteiger partial charge in [-0.1, -0.05) is 12.1 Å². The number of hydrogen-bond acceptors (Lipinski definition) is 6. The van der Waals surface area contributed by atoms with E-state index in [1.54, 1.807) is 28.8 Å². The third kappa shape index (κ3) is 5.35. The van der Waals surface area contributed by atoms with Crippen molar-refractivity contribution in [1.82, 2.24) is 4.90 Å². The summed E-state index contributed by atoms with van der Waals surface area (Å²) in [6, 6.07) is 13.9. The number of nitro benzene ring substituents is 1. The Balaban J connectivity index is 1.46. The average molecular weight is 413 g/mol. The second-order valence-corrected chi connectivity index (χ2v) is 7.67. The number of carbonyl (C=O) groups excluding carboxylic acids is 2. The highest BCUT2D eigenvalue weighted by Gasteiger charge is 2.22. The van der Waals surface area contributed by atoms with E-state index in [4.69, 9.17) is 0 Å². The van der Waals surface area contributed by atoms with E-state index in [0.29, 0.717) is 31.7 Å². The number of hydrogen-bond donors (Lipinski definition) is 0. The number of benzene rings is 2. The monoisotopic (exact) mass is 413 g/mol. The minimum absolute atomic E-state index is 0.0116. The number of nitrogens with zero attached hydrogens (tertiary/aromatic N) is 3. The van der Waals surface area contributed by atoms with Gasteiger partial charge >= 0.3 is 0 Å². The van der Waals surface area contributed by atoms with Crippen LogP contribution in [0.25, 0.3) is 0 Å². The fraction of sp³-hybridized carbons (Fsp3) is 0.333. The molecule has 0 saturated carbocycles. The predicted molar refractivity (Wildman–Crippen MR) is 114 cm³/mol. The number of nitro groups is 1. The molecule has 1 aliphatic heterocycles. The lowest BCUT2D eigenvalue weighted by molar-refractivity contribution is -0.384. The summed E-state index contributed by atoms with van der Waals surface area (Å²) in [6.45, 7) is 2.47. The molecule has 3 rings (SSSR count). The summed E-state index contributed by atoms with van der Waals surface area (Å²) >= 11 is 1.62. The molecule has 0 aromatic heterocycles. The zero-order chi connectivity index (χ0) is 20.8.